The Bertz CT molecular complexity index is 428. The summed E-state index contributed by atoms with van der Waals surface area (Å²) >= 11 is 0. The first-order valence-corrected chi connectivity index (χ1v) is 8.39. The first kappa shape index (κ1) is 18.5. The summed E-state index contributed by atoms with van der Waals surface area (Å²) in [5, 5.41) is 12.1. The normalized spacial score (nSPS) is 23.5. The molecule has 1 amide bonds. The zero-order chi connectivity index (χ0) is 16.4. The molecule has 1 aliphatic carbocycles. The average Bonchev–Trinajstić information content (AvgIpc) is 2.46. The zero-order valence-electron chi connectivity index (χ0n) is 13.8. The maximum atomic E-state index is 12.1. The van der Waals surface area contributed by atoms with Gasteiger partial charge in [-0.1, -0.05) is 69.8 Å². The Balaban J connectivity index is 2.30. The van der Waals surface area contributed by atoms with Crippen molar-refractivity contribution in [3.05, 3.63) is 24.3 Å². The van der Waals surface area contributed by atoms with Crippen molar-refractivity contribution >= 4 is 11.9 Å². The Hall–Kier alpha value is -1.58. The van der Waals surface area contributed by atoms with Crippen LogP contribution in [0.1, 0.15) is 65.2 Å². The van der Waals surface area contributed by atoms with Crippen molar-refractivity contribution in [2.45, 2.75) is 70.8 Å². The first-order valence-electron chi connectivity index (χ1n) is 8.39. The third kappa shape index (κ3) is 6.04. The van der Waals surface area contributed by atoms with E-state index in [9.17, 15) is 14.7 Å². The van der Waals surface area contributed by atoms with Gasteiger partial charge in [0.25, 0.3) is 0 Å². The number of rotatable bonds is 10. The van der Waals surface area contributed by atoms with Gasteiger partial charge in [-0.05, 0) is 13.3 Å². The van der Waals surface area contributed by atoms with Crippen LogP contribution in [0, 0.1) is 5.92 Å². The van der Waals surface area contributed by atoms with Crippen LogP contribution in [0.15, 0.2) is 24.3 Å². The largest absolute Gasteiger partial charge is 0.481 e. The number of allylic oxidation sites excluding steroid dienone is 2. The standard InChI is InChI=1S/C18H29NO3/c1-3-4-5-6-7-8-9-13-16(20)19-18(2)14-11-10-12-15(18)17(21)22/h10-12,14-15H,3-9,13H2,1-2H3,(H,19,20)(H,21,22). The van der Waals surface area contributed by atoms with Crippen LogP contribution in [-0.2, 0) is 9.59 Å². The maximum absolute atomic E-state index is 12.1. The van der Waals surface area contributed by atoms with Crippen LogP contribution in [0.5, 0.6) is 0 Å². The Morgan fingerprint density at radius 2 is 1.73 bits per heavy atom. The molecule has 0 aromatic heterocycles. The second-order valence-corrected chi connectivity index (χ2v) is 6.26. The van der Waals surface area contributed by atoms with Crippen molar-refractivity contribution in [2.75, 3.05) is 0 Å². The summed E-state index contributed by atoms with van der Waals surface area (Å²) in [7, 11) is 0. The number of hydrogen-bond donors (Lipinski definition) is 2. The van der Waals surface area contributed by atoms with Gasteiger partial charge in [-0.3, -0.25) is 9.59 Å². The van der Waals surface area contributed by atoms with Crippen LogP contribution in [0.4, 0.5) is 0 Å². The van der Waals surface area contributed by atoms with E-state index in [4.69, 9.17) is 0 Å². The molecule has 0 fully saturated rings. The van der Waals surface area contributed by atoms with Crippen LogP contribution < -0.4 is 5.32 Å². The number of amides is 1. The molecule has 4 nitrogen and oxygen atoms in total. The van der Waals surface area contributed by atoms with E-state index in [1.54, 1.807) is 31.2 Å². The molecule has 4 heteroatoms. The molecule has 2 unspecified atom stereocenters. The monoisotopic (exact) mass is 307 g/mol. The summed E-state index contributed by atoms with van der Waals surface area (Å²) < 4.78 is 0. The van der Waals surface area contributed by atoms with Crippen molar-refractivity contribution in [2.24, 2.45) is 5.92 Å². The van der Waals surface area contributed by atoms with Gasteiger partial charge in [0, 0.05) is 6.42 Å². The number of carbonyl (C=O) groups excluding carboxylic acids is 1. The molecule has 0 aromatic carbocycles. The van der Waals surface area contributed by atoms with Gasteiger partial charge in [0.1, 0.15) is 5.92 Å². The number of aliphatic carboxylic acids is 1. The first-order chi connectivity index (χ1) is 10.5. The average molecular weight is 307 g/mol. The fourth-order valence-electron chi connectivity index (χ4n) is 2.80. The Morgan fingerprint density at radius 3 is 2.36 bits per heavy atom. The molecule has 0 radical (unpaired) electrons. The molecular weight excluding hydrogens is 278 g/mol. The molecule has 2 atom stereocenters. The van der Waals surface area contributed by atoms with Crippen LogP contribution in [0.2, 0.25) is 0 Å². The van der Waals surface area contributed by atoms with E-state index in [1.807, 2.05) is 0 Å². The summed E-state index contributed by atoms with van der Waals surface area (Å²) in [5.41, 5.74) is -0.835. The third-order valence-electron chi connectivity index (χ3n) is 4.19. The fraction of sp³-hybridized carbons (Fsp3) is 0.667. The predicted octanol–water partition coefficient (Wildman–Crippen LogP) is 3.83. The smallest absolute Gasteiger partial charge is 0.313 e. The van der Waals surface area contributed by atoms with Crippen molar-refractivity contribution in [1.29, 1.82) is 0 Å². The number of nitrogens with one attached hydrogen (secondary N) is 1. The summed E-state index contributed by atoms with van der Waals surface area (Å²) in [5.74, 6) is -1.70. The molecule has 0 saturated heterocycles. The molecule has 1 rings (SSSR count). The summed E-state index contributed by atoms with van der Waals surface area (Å²) in [4.78, 5) is 23.4. The summed E-state index contributed by atoms with van der Waals surface area (Å²) in [6.45, 7) is 3.96. The zero-order valence-corrected chi connectivity index (χ0v) is 13.8. The second kappa shape index (κ2) is 9.44. The van der Waals surface area contributed by atoms with Gasteiger partial charge >= 0.3 is 5.97 Å². The van der Waals surface area contributed by atoms with Gasteiger partial charge < -0.3 is 10.4 Å². The van der Waals surface area contributed by atoms with Gasteiger partial charge in [-0.15, -0.1) is 0 Å². The molecule has 0 aromatic rings. The lowest BCUT2D eigenvalue weighted by Crippen LogP contribution is -2.52. The van der Waals surface area contributed by atoms with E-state index in [0.717, 1.165) is 12.8 Å². The molecule has 0 saturated carbocycles. The number of carboxylic acids is 1. The Labute approximate surface area is 133 Å². The molecule has 0 spiro atoms. The number of unbranched alkanes of at least 4 members (excludes halogenated alkanes) is 6. The summed E-state index contributed by atoms with van der Waals surface area (Å²) in [6, 6.07) is 0. The molecule has 1 aliphatic rings. The summed E-state index contributed by atoms with van der Waals surface area (Å²) in [6.07, 6.45) is 15.5. The lowest BCUT2D eigenvalue weighted by Gasteiger charge is -2.33. The van der Waals surface area contributed by atoms with Crippen molar-refractivity contribution in [3.8, 4) is 0 Å². The molecule has 2 N–H and O–H groups in total. The van der Waals surface area contributed by atoms with E-state index < -0.39 is 17.4 Å². The van der Waals surface area contributed by atoms with Gasteiger partial charge in [0.2, 0.25) is 5.91 Å². The van der Waals surface area contributed by atoms with Crippen LogP contribution in [-0.4, -0.2) is 22.5 Å². The highest BCUT2D eigenvalue weighted by Crippen LogP contribution is 2.25. The predicted molar refractivity (Wildman–Crippen MR) is 88.6 cm³/mol. The van der Waals surface area contributed by atoms with E-state index in [0.29, 0.717) is 6.42 Å². The fourth-order valence-corrected chi connectivity index (χ4v) is 2.80. The molecular formula is C18H29NO3. The Kier molecular flexibility index (Phi) is 7.92. The van der Waals surface area contributed by atoms with Gasteiger partial charge in [0.05, 0.1) is 5.54 Å². The minimum absolute atomic E-state index is 0.0674. The van der Waals surface area contributed by atoms with Crippen LogP contribution >= 0.6 is 0 Å². The van der Waals surface area contributed by atoms with E-state index in [2.05, 4.69) is 12.2 Å². The van der Waals surface area contributed by atoms with E-state index in [-0.39, 0.29) is 5.91 Å². The van der Waals surface area contributed by atoms with Crippen LogP contribution in [0.3, 0.4) is 0 Å². The number of carbonyl (C=O) groups is 2. The third-order valence-corrected chi connectivity index (χ3v) is 4.19. The maximum Gasteiger partial charge on any atom is 0.313 e. The number of carboxylic acid groups (broad SMARTS) is 1. The Morgan fingerprint density at radius 1 is 1.09 bits per heavy atom. The second-order valence-electron chi connectivity index (χ2n) is 6.26. The molecule has 0 heterocycles. The van der Waals surface area contributed by atoms with Gasteiger partial charge in [-0.2, -0.15) is 0 Å². The lowest BCUT2D eigenvalue weighted by molar-refractivity contribution is -0.142. The van der Waals surface area contributed by atoms with Crippen molar-refractivity contribution < 1.29 is 14.7 Å². The minimum atomic E-state index is -0.917. The van der Waals surface area contributed by atoms with Gasteiger partial charge in [0.15, 0.2) is 0 Å². The van der Waals surface area contributed by atoms with Crippen LogP contribution in [0.25, 0.3) is 0 Å². The lowest BCUT2D eigenvalue weighted by atomic mass is 9.82. The topological polar surface area (TPSA) is 66.4 Å². The van der Waals surface area contributed by atoms with E-state index in [1.165, 1.54) is 32.1 Å². The highest BCUT2D eigenvalue weighted by molar-refractivity contribution is 5.81. The highest BCUT2D eigenvalue weighted by Gasteiger charge is 2.37. The molecule has 124 valence electrons. The molecule has 0 aliphatic heterocycles. The minimum Gasteiger partial charge on any atom is -0.481 e. The van der Waals surface area contributed by atoms with Crippen molar-refractivity contribution in [1.82, 2.24) is 5.32 Å². The molecule has 0 bridgehead atoms. The van der Waals surface area contributed by atoms with Gasteiger partial charge in [-0.25, -0.2) is 0 Å². The molecule has 22 heavy (non-hydrogen) atoms. The number of hydrogen-bond acceptors (Lipinski definition) is 2. The quantitative estimate of drug-likeness (QED) is 0.603. The van der Waals surface area contributed by atoms with E-state index >= 15 is 0 Å². The SMILES string of the molecule is CCCCCCCCCC(=O)NC1(C)C=CC=CC1C(=O)O. The highest BCUT2D eigenvalue weighted by atomic mass is 16.4. The van der Waals surface area contributed by atoms with Crippen molar-refractivity contribution in [3.63, 3.8) is 0 Å².